The van der Waals surface area contributed by atoms with Gasteiger partial charge in [-0.05, 0) is 36.4 Å². The molecule has 2 amide bonds. The lowest BCUT2D eigenvalue weighted by molar-refractivity contribution is -0.122. The summed E-state index contributed by atoms with van der Waals surface area (Å²) < 4.78 is 13.7. The van der Waals surface area contributed by atoms with Gasteiger partial charge in [-0.2, -0.15) is 0 Å². The molecule has 2 N–H and O–H groups in total. The predicted molar refractivity (Wildman–Crippen MR) is 85.8 cm³/mol. The highest BCUT2D eigenvalue weighted by atomic mass is 19.1. The number of rotatable bonds is 3. The van der Waals surface area contributed by atoms with Crippen LogP contribution in [0.25, 0.3) is 10.9 Å². The van der Waals surface area contributed by atoms with Crippen LogP contribution in [0.4, 0.5) is 4.39 Å². The van der Waals surface area contributed by atoms with E-state index in [2.05, 4.69) is 21.2 Å². The Hall–Kier alpha value is -3.62. The molecule has 25 heavy (non-hydrogen) atoms. The van der Waals surface area contributed by atoms with Crippen molar-refractivity contribution >= 4 is 22.7 Å². The third-order valence-corrected chi connectivity index (χ3v) is 3.34. The number of nitrogens with one attached hydrogen (secondary N) is 2. The van der Waals surface area contributed by atoms with Gasteiger partial charge in [0, 0.05) is 5.56 Å². The molecule has 3 aromatic rings. The Bertz CT molecular complexity index is 1000. The number of halogens is 1. The standard InChI is InChI=1S/C16H12FN5O3/c17-11-7-5-10(6-8-11)15(24)20-19-14(23)9-22-16(25)12-3-1-2-4-13(12)18-21-22/h1-8H,9H2,(H,19,23)(H,20,24). The van der Waals surface area contributed by atoms with Crippen molar-refractivity contribution in [3.05, 3.63) is 70.3 Å². The summed E-state index contributed by atoms with van der Waals surface area (Å²) in [5, 5.41) is 7.87. The van der Waals surface area contributed by atoms with Gasteiger partial charge in [0.1, 0.15) is 17.9 Å². The van der Waals surface area contributed by atoms with E-state index in [0.717, 1.165) is 16.8 Å². The number of hydrogen-bond donors (Lipinski definition) is 2. The van der Waals surface area contributed by atoms with Crippen LogP contribution >= 0.6 is 0 Å². The minimum atomic E-state index is -0.665. The van der Waals surface area contributed by atoms with E-state index in [0.29, 0.717) is 10.9 Å². The SMILES string of the molecule is O=C(Cn1nnc2ccccc2c1=O)NNC(=O)c1ccc(F)cc1. The fraction of sp³-hybridized carbons (Fsp3) is 0.0625. The molecule has 126 valence electrons. The van der Waals surface area contributed by atoms with Crippen molar-refractivity contribution in [2.24, 2.45) is 0 Å². The summed E-state index contributed by atoms with van der Waals surface area (Å²) in [5.74, 6) is -1.76. The van der Waals surface area contributed by atoms with Crippen LogP contribution in [0.15, 0.2) is 53.3 Å². The van der Waals surface area contributed by atoms with Crippen molar-refractivity contribution in [2.45, 2.75) is 6.54 Å². The zero-order valence-corrected chi connectivity index (χ0v) is 12.8. The van der Waals surface area contributed by atoms with E-state index < -0.39 is 29.7 Å². The Morgan fingerprint density at radius 2 is 1.76 bits per heavy atom. The van der Waals surface area contributed by atoms with Crippen LogP contribution in [-0.2, 0) is 11.3 Å². The zero-order valence-electron chi connectivity index (χ0n) is 12.8. The van der Waals surface area contributed by atoms with Gasteiger partial charge in [-0.15, -0.1) is 5.10 Å². The molecule has 1 heterocycles. The van der Waals surface area contributed by atoms with E-state index in [1.807, 2.05) is 0 Å². The summed E-state index contributed by atoms with van der Waals surface area (Å²) in [7, 11) is 0. The van der Waals surface area contributed by atoms with Crippen molar-refractivity contribution in [1.29, 1.82) is 0 Å². The number of benzene rings is 2. The molecule has 0 aliphatic rings. The number of hydrazine groups is 1. The Kier molecular flexibility index (Phi) is 4.46. The number of amides is 2. The van der Waals surface area contributed by atoms with Crippen molar-refractivity contribution in [1.82, 2.24) is 25.8 Å². The van der Waals surface area contributed by atoms with Gasteiger partial charge in [0.2, 0.25) is 0 Å². The van der Waals surface area contributed by atoms with Gasteiger partial charge in [0.05, 0.1) is 5.39 Å². The Morgan fingerprint density at radius 1 is 1.04 bits per heavy atom. The molecule has 1 aromatic heterocycles. The van der Waals surface area contributed by atoms with E-state index in [9.17, 15) is 18.8 Å². The summed E-state index contributed by atoms with van der Waals surface area (Å²) in [6.07, 6.45) is 0. The number of carbonyl (C=O) groups is 2. The second-order valence-electron chi connectivity index (χ2n) is 5.08. The molecule has 0 unspecified atom stereocenters. The van der Waals surface area contributed by atoms with Crippen LogP contribution in [0.1, 0.15) is 10.4 Å². The average Bonchev–Trinajstić information content (AvgIpc) is 2.63. The molecule has 0 bridgehead atoms. The van der Waals surface area contributed by atoms with Gasteiger partial charge in [0.15, 0.2) is 0 Å². The number of hydrogen-bond acceptors (Lipinski definition) is 5. The maximum absolute atomic E-state index is 12.8. The molecule has 2 aromatic carbocycles. The average molecular weight is 341 g/mol. The first-order chi connectivity index (χ1) is 12.0. The lowest BCUT2D eigenvalue weighted by Gasteiger charge is -2.08. The molecule has 0 aliphatic heterocycles. The van der Waals surface area contributed by atoms with E-state index in [4.69, 9.17) is 0 Å². The smallest absolute Gasteiger partial charge is 0.271 e. The number of carbonyl (C=O) groups excluding carboxylic acids is 2. The lowest BCUT2D eigenvalue weighted by atomic mass is 10.2. The first kappa shape index (κ1) is 16.2. The van der Waals surface area contributed by atoms with Crippen molar-refractivity contribution < 1.29 is 14.0 Å². The van der Waals surface area contributed by atoms with Gasteiger partial charge in [0.25, 0.3) is 17.4 Å². The highest BCUT2D eigenvalue weighted by Crippen LogP contribution is 2.03. The molecule has 0 saturated heterocycles. The van der Waals surface area contributed by atoms with Crippen LogP contribution in [0.5, 0.6) is 0 Å². The second kappa shape index (κ2) is 6.87. The fourth-order valence-electron chi connectivity index (χ4n) is 2.10. The molecular weight excluding hydrogens is 329 g/mol. The monoisotopic (exact) mass is 341 g/mol. The molecule has 0 atom stereocenters. The lowest BCUT2D eigenvalue weighted by Crippen LogP contribution is -2.44. The maximum Gasteiger partial charge on any atom is 0.278 e. The Balaban J connectivity index is 1.65. The molecule has 0 radical (unpaired) electrons. The van der Waals surface area contributed by atoms with Gasteiger partial charge < -0.3 is 0 Å². The third-order valence-electron chi connectivity index (χ3n) is 3.34. The first-order valence-corrected chi connectivity index (χ1v) is 7.22. The number of fused-ring (bicyclic) bond motifs is 1. The van der Waals surface area contributed by atoms with Crippen molar-refractivity contribution in [3.8, 4) is 0 Å². The van der Waals surface area contributed by atoms with Gasteiger partial charge in [-0.25, -0.2) is 9.07 Å². The van der Waals surface area contributed by atoms with Gasteiger partial charge in [-0.3, -0.25) is 25.2 Å². The normalized spacial score (nSPS) is 10.4. The number of aromatic nitrogens is 3. The van der Waals surface area contributed by atoms with E-state index in [-0.39, 0.29) is 5.56 Å². The highest BCUT2D eigenvalue weighted by Gasteiger charge is 2.11. The summed E-state index contributed by atoms with van der Waals surface area (Å²) in [6.45, 7) is -0.416. The summed E-state index contributed by atoms with van der Waals surface area (Å²) in [6, 6.07) is 11.4. The minimum absolute atomic E-state index is 0.171. The molecule has 8 nitrogen and oxygen atoms in total. The van der Waals surface area contributed by atoms with E-state index in [1.54, 1.807) is 24.3 Å². The molecule has 0 spiro atoms. The topological polar surface area (TPSA) is 106 Å². The van der Waals surface area contributed by atoms with Crippen LogP contribution < -0.4 is 16.4 Å². The quantitative estimate of drug-likeness (QED) is 0.671. The zero-order chi connectivity index (χ0) is 17.8. The predicted octanol–water partition coefficient (Wildman–Crippen LogP) is 0.392. The summed E-state index contributed by atoms with van der Waals surface area (Å²) in [5.41, 5.74) is 4.46. The Morgan fingerprint density at radius 3 is 2.52 bits per heavy atom. The van der Waals surface area contributed by atoms with E-state index >= 15 is 0 Å². The van der Waals surface area contributed by atoms with Gasteiger partial charge >= 0.3 is 0 Å². The third kappa shape index (κ3) is 3.66. The number of nitrogens with zero attached hydrogens (tertiary/aromatic N) is 3. The largest absolute Gasteiger partial charge is 0.278 e. The second-order valence-corrected chi connectivity index (χ2v) is 5.08. The maximum atomic E-state index is 12.8. The fourth-order valence-corrected chi connectivity index (χ4v) is 2.10. The van der Waals surface area contributed by atoms with Crippen LogP contribution in [-0.4, -0.2) is 26.8 Å². The molecule has 9 heteroatoms. The van der Waals surface area contributed by atoms with Crippen molar-refractivity contribution in [2.75, 3.05) is 0 Å². The minimum Gasteiger partial charge on any atom is -0.271 e. The van der Waals surface area contributed by atoms with Crippen molar-refractivity contribution in [3.63, 3.8) is 0 Å². The van der Waals surface area contributed by atoms with Crippen LogP contribution in [0.3, 0.4) is 0 Å². The van der Waals surface area contributed by atoms with Gasteiger partial charge in [-0.1, -0.05) is 17.3 Å². The first-order valence-electron chi connectivity index (χ1n) is 7.22. The van der Waals surface area contributed by atoms with E-state index in [1.165, 1.54) is 12.1 Å². The summed E-state index contributed by atoms with van der Waals surface area (Å²) in [4.78, 5) is 35.9. The summed E-state index contributed by atoms with van der Waals surface area (Å²) >= 11 is 0. The molecule has 3 rings (SSSR count). The highest BCUT2D eigenvalue weighted by molar-refractivity contribution is 5.95. The molecule has 0 fully saturated rings. The Labute approximate surface area is 140 Å². The van der Waals surface area contributed by atoms with Crippen LogP contribution in [0.2, 0.25) is 0 Å². The molecule has 0 saturated carbocycles. The molecular formula is C16H12FN5O3. The van der Waals surface area contributed by atoms with Crippen LogP contribution in [0, 0.1) is 5.82 Å². The molecule has 0 aliphatic carbocycles.